The Kier molecular flexibility index (Phi) is 5.34. The van der Waals surface area contributed by atoms with Gasteiger partial charge in [0.25, 0.3) is 0 Å². The fourth-order valence-electron chi connectivity index (χ4n) is 3.94. The molecule has 26 heavy (non-hydrogen) atoms. The molecule has 4 N–H and O–H groups in total. The Labute approximate surface area is 162 Å². The molecule has 0 radical (unpaired) electrons. The molecule has 0 spiro atoms. The average Bonchev–Trinajstić information content (AvgIpc) is 3.32. The van der Waals surface area contributed by atoms with Crippen molar-refractivity contribution in [3.05, 3.63) is 28.9 Å². The van der Waals surface area contributed by atoms with Crippen LogP contribution in [0, 0.1) is 0 Å². The molecule has 0 amide bonds. The Morgan fingerprint density at radius 1 is 1.31 bits per heavy atom. The molecule has 2 heterocycles. The van der Waals surface area contributed by atoms with Crippen molar-refractivity contribution in [3.8, 4) is 0 Å². The standard InChI is InChI=1S/C19H24ClN3O2S/c20-12-7-11-8-16(19-22-14(10-26-19)5-6-17(24)25)23-18(11)15(9-12)21-13-3-1-2-4-13/h7-9,13-14,19,21-23H,1-6,10H2,(H,24,25)/t14-,19?/m1/s1. The zero-order valence-corrected chi connectivity index (χ0v) is 16.1. The van der Waals surface area contributed by atoms with Gasteiger partial charge in [-0.2, -0.15) is 0 Å². The van der Waals surface area contributed by atoms with Gasteiger partial charge < -0.3 is 15.4 Å². The normalized spacial score (nSPS) is 23.7. The van der Waals surface area contributed by atoms with Gasteiger partial charge in [0.2, 0.25) is 0 Å². The van der Waals surface area contributed by atoms with Crippen LogP contribution in [0.5, 0.6) is 0 Å². The second-order valence-electron chi connectivity index (χ2n) is 7.28. The van der Waals surface area contributed by atoms with Gasteiger partial charge in [0, 0.05) is 40.4 Å². The van der Waals surface area contributed by atoms with Crippen molar-refractivity contribution in [2.24, 2.45) is 0 Å². The summed E-state index contributed by atoms with van der Waals surface area (Å²) < 4.78 is 0. The van der Waals surface area contributed by atoms with Gasteiger partial charge in [-0.1, -0.05) is 24.4 Å². The van der Waals surface area contributed by atoms with E-state index in [1.54, 1.807) is 0 Å². The van der Waals surface area contributed by atoms with Gasteiger partial charge in [-0.25, -0.2) is 0 Å². The highest BCUT2D eigenvalue weighted by molar-refractivity contribution is 7.99. The Morgan fingerprint density at radius 2 is 2.12 bits per heavy atom. The zero-order chi connectivity index (χ0) is 18.1. The van der Waals surface area contributed by atoms with Crippen LogP contribution in [0.4, 0.5) is 5.69 Å². The summed E-state index contributed by atoms with van der Waals surface area (Å²) in [6.07, 6.45) is 5.89. The molecule has 1 saturated heterocycles. The molecule has 0 bridgehead atoms. The van der Waals surface area contributed by atoms with E-state index in [9.17, 15) is 4.79 Å². The third kappa shape index (κ3) is 3.97. The van der Waals surface area contributed by atoms with Gasteiger partial charge in [0.05, 0.1) is 16.6 Å². The molecule has 1 saturated carbocycles. The van der Waals surface area contributed by atoms with E-state index in [1.165, 1.54) is 25.7 Å². The lowest BCUT2D eigenvalue weighted by Gasteiger charge is -2.15. The van der Waals surface area contributed by atoms with Crippen LogP contribution in [0.2, 0.25) is 5.02 Å². The summed E-state index contributed by atoms with van der Waals surface area (Å²) in [5, 5.41) is 18.1. The molecule has 1 aliphatic carbocycles. The number of carbonyl (C=O) groups is 1. The summed E-state index contributed by atoms with van der Waals surface area (Å²) in [4.78, 5) is 14.3. The summed E-state index contributed by atoms with van der Waals surface area (Å²) in [5.41, 5.74) is 3.31. The maximum absolute atomic E-state index is 10.8. The number of hydrogen-bond acceptors (Lipinski definition) is 4. The van der Waals surface area contributed by atoms with E-state index in [0.29, 0.717) is 12.5 Å². The van der Waals surface area contributed by atoms with Crippen molar-refractivity contribution in [1.82, 2.24) is 10.3 Å². The molecule has 2 atom stereocenters. The largest absolute Gasteiger partial charge is 0.481 e. The minimum Gasteiger partial charge on any atom is -0.481 e. The number of aromatic amines is 1. The van der Waals surface area contributed by atoms with Gasteiger partial charge in [-0.05, 0) is 37.5 Å². The highest BCUT2D eigenvalue weighted by atomic mass is 35.5. The molecule has 5 nitrogen and oxygen atoms in total. The van der Waals surface area contributed by atoms with Gasteiger partial charge in [0.15, 0.2) is 0 Å². The number of carboxylic acid groups (broad SMARTS) is 1. The Hall–Kier alpha value is -1.37. The number of nitrogens with one attached hydrogen (secondary N) is 3. The number of aromatic nitrogens is 1. The first-order valence-corrected chi connectivity index (χ1v) is 10.7. The van der Waals surface area contributed by atoms with Crippen molar-refractivity contribution >= 4 is 45.9 Å². The van der Waals surface area contributed by atoms with Gasteiger partial charge >= 0.3 is 5.97 Å². The molecule has 2 aromatic rings. The van der Waals surface area contributed by atoms with Gasteiger partial charge in [-0.3, -0.25) is 10.1 Å². The lowest BCUT2D eigenvalue weighted by molar-refractivity contribution is -0.137. The number of benzene rings is 1. The van der Waals surface area contributed by atoms with Crippen LogP contribution >= 0.6 is 23.4 Å². The fraction of sp³-hybridized carbons (Fsp3) is 0.526. The van der Waals surface area contributed by atoms with E-state index in [1.807, 2.05) is 23.9 Å². The molecule has 1 aliphatic heterocycles. The minimum atomic E-state index is -0.733. The first kappa shape index (κ1) is 18.0. The third-order valence-corrected chi connectivity index (χ3v) is 6.81. The number of H-pyrrole nitrogens is 1. The molecule has 1 aromatic heterocycles. The Morgan fingerprint density at radius 3 is 2.88 bits per heavy atom. The highest BCUT2D eigenvalue weighted by Gasteiger charge is 2.27. The summed E-state index contributed by atoms with van der Waals surface area (Å²) in [6.45, 7) is 0. The zero-order valence-electron chi connectivity index (χ0n) is 14.6. The summed E-state index contributed by atoms with van der Waals surface area (Å²) in [7, 11) is 0. The number of hydrogen-bond donors (Lipinski definition) is 4. The van der Waals surface area contributed by atoms with Gasteiger partial charge in [0.1, 0.15) is 0 Å². The lowest BCUT2D eigenvalue weighted by atomic mass is 10.2. The predicted octanol–water partition coefficient (Wildman–Crippen LogP) is 4.74. The number of thioether (sulfide) groups is 1. The number of anilines is 1. The number of halogens is 1. The van der Waals surface area contributed by atoms with Crippen molar-refractivity contribution in [2.45, 2.75) is 56.0 Å². The molecule has 4 rings (SSSR count). The van der Waals surface area contributed by atoms with E-state index < -0.39 is 5.97 Å². The Balaban J connectivity index is 1.52. The van der Waals surface area contributed by atoms with E-state index in [0.717, 1.165) is 33.1 Å². The van der Waals surface area contributed by atoms with Gasteiger partial charge in [-0.15, -0.1) is 11.8 Å². The van der Waals surface area contributed by atoms with Crippen molar-refractivity contribution in [3.63, 3.8) is 0 Å². The molecule has 1 unspecified atom stereocenters. The molecule has 2 aliphatic rings. The molecular formula is C19H24ClN3O2S. The fourth-order valence-corrected chi connectivity index (χ4v) is 5.45. The van der Waals surface area contributed by atoms with Crippen LogP contribution in [-0.2, 0) is 4.79 Å². The highest BCUT2D eigenvalue weighted by Crippen LogP contribution is 2.38. The van der Waals surface area contributed by atoms with Crippen molar-refractivity contribution in [1.29, 1.82) is 0 Å². The van der Waals surface area contributed by atoms with Crippen LogP contribution in [0.25, 0.3) is 10.9 Å². The maximum atomic E-state index is 10.8. The van der Waals surface area contributed by atoms with E-state index in [4.69, 9.17) is 16.7 Å². The van der Waals surface area contributed by atoms with Crippen LogP contribution in [0.1, 0.15) is 49.6 Å². The molecule has 2 fully saturated rings. The average molecular weight is 394 g/mol. The Bertz CT molecular complexity index is 803. The topological polar surface area (TPSA) is 77.2 Å². The first-order valence-electron chi connectivity index (χ1n) is 9.26. The second kappa shape index (κ2) is 7.71. The molecule has 1 aromatic carbocycles. The van der Waals surface area contributed by atoms with Crippen LogP contribution in [-0.4, -0.2) is 33.9 Å². The second-order valence-corrected chi connectivity index (χ2v) is 8.85. The minimum absolute atomic E-state index is 0.166. The van der Waals surface area contributed by atoms with E-state index in [2.05, 4.69) is 21.7 Å². The van der Waals surface area contributed by atoms with Crippen LogP contribution in [0.3, 0.4) is 0 Å². The monoisotopic (exact) mass is 393 g/mol. The molecule has 7 heteroatoms. The number of aliphatic carboxylic acids is 1. The van der Waals surface area contributed by atoms with E-state index >= 15 is 0 Å². The number of carboxylic acids is 1. The lowest BCUT2D eigenvalue weighted by Crippen LogP contribution is -2.26. The van der Waals surface area contributed by atoms with Crippen molar-refractivity contribution < 1.29 is 9.90 Å². The number of rotatable bonds is 6. The van der Waals surface area contributed by atoms with Crippen molar-refractivity contribution in [2.75, 3.05) is 11.1 Å². The SMILES string of the molecule is O=C(O)CC[C@@H]1CSC(c2cc3cc(Cl)cc(NC4CCCC4)c3[nH]2)N1. The quantitative estimate of drug-likeness (QED) is 0.570. The van der Waals surface area contributed by atoms with Crippen LogP contribution in [0.15, 0.2) is 18.2 Å². The summed E-state index contributed by atoms with van der Waals surface area (Å²) in [6, 6.07) is 6.94. The summed E-state index contributed by atoms with van der Waals surface area (Å²) in [5.74, 6) is 0.199. The smallest absolute Gasteiger partial charge is 0.303 e. The summed E-state index contributed by atoms with van der Waals surface area (Å²) >= 11 is 8.17. The predicted molar refractivity (Wildman–Crippen MR) is 108 cm³/mol. The first-order chi connectivity index (χ1) is 12.6. The third-order valence-electron chi connectivity index (χ3n) is 5.27. The molecular weight excluding hydrogens is 370 g/mol. The number of fused-ring (bicyclic) bond motifs is 1. The van der Waals surface area contributed by atoms with E-state index in [-0.39, 0.29) is 17.8 Å². The molecule has 140 valence electrons. The maximum Gasteiger partial charge on any atom is 0.303 e. The van der Waals surface area contributed by atoms with Crippen LogP contribution < -0.4 is 10.6 Å².